The SMILES string of the molecule is CC1(C)C(=O)C(C#N)=C[C@]2(C)C3=CC(=O)[C@]4(O)[C@@H]5C[C@@](C)(C(=O)N6CCCC6C(=O)O)CC[C@]5(C)CC[C@@]4(C)[C@]3(C)CC[C@@H]12. The summed E-state index contributed by atoms with van der Waals surface area (Å²) in [6.45, 7) is 14.6. The highest BCUT2D eigenvalue weighted by molar-refractivity contribution is 6.05. The Morgan fingerprint density at radius 1 is 0.955 bits per heavy atom. The number of carbonyl (C=O) groups is 4. The Labute approximate surface area is 260 Å². The monoisotopic (exact) mass is 604 g/mol. The standard InChI is InChI=1S/C36H48N2O6/c1-30(2)23-10-11-34(6)24(33(23,5)18-21(20-37)27(30)40)17-26(39)36(44)25-19-32(4,13-12-31(25,3)14-15-35(34,36)7)29(43)38-16-8-9-22(38)28(41)42/h17-18,22-23,25,44H,8-16,19H2,1-7H3,(H,41,42)/t22?,23-,25+,31+,32-,33-,34+,35-,36+/m0/s1. The number of rotatable bonds is 2. The quantitative estimate of drug-likeness (QED) is 0.431. The molecule has 0 aromatic carbocycles. The van der Waals surface area contributed by atoms with Gasteiger partial charge in [-0.2, -0.15) is 5.26 Å². The van der Waals surface area contributed by atoms with Gasteiger partial charge in [-0.05, 0) is 86.2 Å². The van der Waals surface area contributed by atoms with Crippen LogP contribution in [0.15, 0.2) is 23.3 Å². The lowest BCUT2D eigenvalue weighted by Crippen LogP contribution is -2.74. The van der Waals surface area contributed by atoms with Gasteiger partial charge in [-0.15, -0.1) is 0 Å². The molecule has 8 heteroatoms. The lowest BCUT2D eigenvalue weighted by molar-refractivity contribution is -0.243. The number of carbonyl (C=O) groups excluding carboxylic acids is 3. The molecule has 6 aliphatic rings. The number of carboxylic acids is 1. The third-order valence-electron chi connectivity index (χ3n) is 14.6. The molecular formula is C36H48N2O6. The second-order valence-corrected chi connectivity index (χ2v) is 16.9. The summed E-state index contributed by atoms with van der Waals surface area (Å²) in [6.07, 6.45) is 9.01. The lowest BCUT2D eigenvalue weighted by Gasteiger charge is -2.71. The molecule has 0 bridgehead atoms. The van der Waals surface area contributed by atoms with Crippen molar-refractivity contribution in [2.24, 2.45) is 44.3 Å². The number of nitrogens with zero attached hydrogens (tertiary/aromatic N) is 2. The van der Waals surface area contributed by atoms with Crippen molar-refractivity contribution in [2.45, 2.75) is 118 Å². The van der Waals surface area contributed by atoms with Crippen LogP contribution in [0.25, 0.3) is 0 Å². The molecule has 0 aromatic rings. The molecule has 5 aliphatic carbocycles. The van der Waals surface area contributed by atoms with Gasteiger partial charge in [0.05, 0.1) is 5.57 Å². The molecule has 1 heterocycles. The van der Waals surface area contributed by atoms with Crippen LogP contribution in [0.5, 0.6) is 0 Å². The van der Waals surface area contributed by atoms with Crippen molar-refractivity contribution in [3.05, 3.63) is 23.3 Å². The first-order valence-corrected chi connectivity index (χ1v) is 16.5. The molecule has 238 valence electrons. The van der Waals surface area contributed by atoms with Crippen LogP contribution in [-0.2, 0) is 19.2 Å². The zero-order valence-electron chi connectivity index (χ0n) is 27.4. The van der Waals surface area contributed by atoms with E-state index in [-0.39, 0.29) is 34.4 Å². The smallest absolute Gasteiger partial charge is 0.326 e. The Bertz CT molecular complexity index is 1490. The number of fused-ring (bicyclic) bond motifs is 7. The van der Waals surface area contributed by atoms with Crippen LogP contribution in [0.1, 0.15) is 106 Å². The van der Waals surface area contributed by atoms with E-state index in [1.54, 1.807) is 12.2 Å². The van der Waals surface area contributed by atoms with Crippen molar-refractivity contribution >= 4 is 23.4 Å². The van der Waals surface area contributed by atoms with Crippen LogP contribution in [0.3, 0.4) is 0 Å². The topological polar surface area (TPSA) is 136 Å². The van der Waals surface area contributed by atoms with Gasteiger partial charge in [0.2, 0.25) is 5.91 Å². The Balaban J connectivity index is 1.46. The van der Waals surface area contributed by atoms with Gasteiger partial charge in [-0.1, -0.05) is 54.5 Å². The van der Waals surface area contributed by atoms with Crippen molar-refractivity contribution in [3.8, 4) is 6.07 Å². The number of aliphatic hydroxyl groups is 1. The number of carboxylic acid groups (broad SMARTS) is 1. The number of hydrogen-bond donors (Lipinski definition) is 2. The molecule has 3 saturated carbocycles. The van der Waals surface area contributed by atoms with Gasteiger partial charge >= 0.3 is 5.97 Å². The second kappa shape index (κ2) is 9.15. The zero-order chi connectivity index (χ0) is 32.5. The largest absolute Gasteiger partial charge is 0.480 e. The number of ketones is 2. The molecule has 9 atom stereocenters. The summed E-state index contributed by atoms with van der Waals surface area (Å²) in [5, 5.41) is 32.8. The van der Waals surface area contributed by atoms with Gasteiger partial charge in [-0.25, -0.2) is 4.79 Å². The normalized spacial score (nSPS) is 47.7. The number of Topliss-reactive ketones (excluding diaryl/α,β-unsaturated/α-hetero) is 1. The Hall–Kier alpha value is -2.79. The van der Waals surface area contributed by atoms with Crippen molar-refractivity contribution in [1.29, 1.82) is 5.26 Å². The average Bonchev–Trinajstić information content (AvgIpc) is 3.45. The van der Waals surface area contributed by atoms with Gasteiger partial charge in [0.1, 0.15) is 17.7 Å². The maximum atomic E-state index is 14.7. The highest BCUT2D eigenvalue weighted by Gasteiger charge is 2.75. The zero-order valence-corrected chi connectivity index (χ0v) is 27.4. The fourth-order valence-electron chi connectivity index (χ4n) is 11.6. The molecule has 1 aliphatic heterocycles. The van der Waals surface area contributed by atoms with E-state index in [1.807, 2.05) is 20.8 Å². The first kappa shape index (κ1) is 31.2. The summed E-state index contributed by atoms with van der Waals surface area (Å²) >= 11 is 0. The number of hydrogen-bond acceptors (Lipinski definition) is 6. The van der Waals surface area contributed by atoms with Crippen LogP contribution in [-0.4, -0.2) is 56.7 Å². The van der Waals surface area contributed by atoms with Gasteiger partial charge < -0.3 is 15.1 Å². The molecular weight excluding hydrogens is 556 g/mol. The lowest BCUT2D eigenvalue weighted by atomic mass is 9.33. The first-order chi connectivity index (χ1) is 20.3. The number of nitriles is 1. The summed E-state index contributed by atoms with van der Waals surface area (Å²) < 4.78 is 0. The summed E-state index contributed by atoms with van der Waals surface area (Å²) in [5.41, 5.74) is -4.81. The molecule has 2 N–H and O–H groups in total. The van der Waals surface area contributed by atoms with E-state index in [0.717, 1.165) is 18.4 Å². The summed E-state index contributed by atoms with van der Waals surface area (Å²) in [6, 6.07) is 1.30. The van der Waals surface area contributed by atoms with Gasteiger partial charge in [0.25, 0.3) is 0 Å². The van der Waals surface area contributed by atoms with E-state index < -0.39 is 50.6 Å². The van der Waals surface area contributed by atoms with Gasteiger partial charge in [0, 0.05) is 34.1 Å². The van der Waals surface area contributed by atoms with Crippen LogP contribution in [0.2, 0.25) is 0 Å². The molecule has 6 rings (SSSR count). The molecule has 8 nitrogen and oxygen atoms in total. The predicted octanol–water partition coefficient (Wildman–Crippen LogP) is 5.40. The average molecular weight is 605 g/mol. The fourth-order valence-corrected chi connectivity index (χ4v) is 11.6. The molecule has 0 spiro atoms. The van der Waals surface area contributed by atoms with Crippen LogP contribution in [0, 0.1) is 55.7 Å². The minimum absolute atomic E-state index is 0.0892. The van der Waals surface area contributed by atoms with Crippen molar-refractivity contribution < 1.29 is 29.4 Å². The van der Waals surface area contributed by atoms with E-state index in [1.165, 1.54) is 4.90 Å². The first-order valence-electron chi connectivity index (χ1n) is 16.5. The highest BCUT2D eigenvalue weighted by Crippen LogP contribution is 2.75. The fraction of sp³-hybridized carbons (Fsp3) is 0.750. The van der Waals surface area contributed by atoms with Crippen molar-refractivity contribution in [2.75, 3.05) is 6.54 Å². The minimum Gasteiger partial charge on any atom is -0.480 e. The molecule has 1 amide bonds. The maximum Gasteiger partial charge on any atom is 0.326 e. The third kappa shape index (κ3) is 3.54. The number of allylic oxidation sites excluding steroid dienone is 3. The van der Waals surface area contributed by atoms with Gasteiger partial charge in [0.15, 0.2) is 11.6 Å². The predicted molar refractivity (Wildman–Crippen MR) is 163 cm³/mol. The Kier molecular flexibility index (Phi) is 6.49. The number of likely N-dealkylation sites (tertiary alicyclic amines) is 1. The highest BCUT2D eigenvalue weighted by atomic mass is 16.4. The van der Waals surface area contributed by atoms with Crippen molar-refractivity contribution in [1.82, 2.24) is 4.90 Å². The van der Waals surface area contributed by atoms with E-state index in [2.05, 4.69) is 33.8 Å². The second-order valence-electron chi connectivity index (χ2n) is 16.9. The van der Waals surface area contributed by atoms with E-state index in [9.17, 15) is 34.7 Å². The van der Waals surface area contributed by atoms with E-state index in [4.69, 9.17) is 0 Å². The Morgan fingerprint density at radius 2 is 1.61 bits per heavy atom. The molecule has 1 saturated heterocycles. The third-order valence-corrected chi connectivity index (χ3v) is 14.6. The molecule has 0 radical (unpaired) electrons. The van der Waals surface area contributed by atoms with Crippen molar-refractivity contribution in [3.63, 3.8) is 0 Å². The number of aliphatic carboxylic acids is 1. The summed E-state index contributed by atoms with van der Waals surface area (Å²) in [5.74, 6) is -2.23. The molecule has 44 heavy (non-hydrogen) atoms. The molecule has 4 fully saturated rings. The minimum atomic E-state index is -1.72. The summed E-state index contributed by atoms with van der Waals surface area (Å²) in [4.78, 5) is 55.6. The van der Waals surface area contributed by atoms with Crippen LogP contribution in [0.4, 0.5) is 0 Å². The van der Waals surface area contributed by atoms with Crippen LogP contribution >= 0.6 is 0 Å². The maximum absolute atomic E-state index is 14.7. The summed E-state index contributed by atoms with van der Waals surface area (Å²) in [7, 11) is 0. The van der Waals surface area contributed by atoms with E-state index in [0.29, 0.717) is 51.5 Å². The molecule has 0 aromatic heterocycles. The molecule has 1 unspecified atom stereocenters. The van der Waals surface area contributed by atoms with Gasteiger partial charge in [-0.3, -0.25) is 14.4 Å². The van der Waals surface area contributed by atoms with E-state index >= 15 is 0 Å². The van der Waals surface area contributed by atoms with Crippen LogP contribution < -0.4 is 0 Å². The number of amides is 1. The Morgan fingerprint density at radius 3 is 2.25 bits per heavy atom.